The number of hydrogen-bond donors (Lipinski definition) is 2. The number of aromatic nitrogens is 3. The number of aliphatic hydroxyl groups is 1. The maximum atomic E-state index is 9.89. The molecule has 0 saturated carbocycles. The summed E-state index contributed by atoms with van der Waals surface area (Å²) >= 11 is 0. The predicted octanol–water partition coefficient (Wildman–Crippen LogP) is 3.33. The maximum Gasteiger partial charge on any atom is 0.320 e. The Labute approximate surface area is 177 Å². The third kappa shape index (κ3) is 4.57. The normalized spacial score (nSPS) is 14.6. The van der Waals surface area contributed by atoms with Crippen LogP contribution in [-0.4, -0.2) is 44.2 Å². The van der Waals surface area contributed by atoms with Crippen molar-refractivity contribution in [3.8, 4) is 6.01 Å². The number of nitrogens with zero attached hydrogens (tertiary/aromatic N) is 4. The standard InChI is InChI=1S/C23H31N5O2/c1-2-3-12-30-23-25-21(24)20-13-19(16-29)28(22(20)26-23)15-18-8-6-17(7-9-18)14-27-10-4-5-11-27/h6-9,13,29H,2-5,10-12,14-16H2,1H3,(H2,24,25,26). The lowest BCUT2D eigenvalue weighted by atomic mass is 10.1. The van der Waals surface area contributed by atoms with Gasteiger partial charge in [-0.05, 0) is 49.5 Å². The van der Waals surface area contributed by atoms with Gasteiger partial charge in [-0.2, -0.15) is 9.97 Å². The number of likely N-dealkylation sites (tertiary alicyclic amines) is 1. The van der Waals surface area contributed by atoms with Crippen LogP contribution in [0, 0.1) is 0 Å². The van der Waals surface area contributed by atoms with Gasteiger partial charge >= 0.3 is 6.01 Å². The zero-order valence-corrected chi connectivity index (χ0v) is 17.7. The molecule has 3 aromatic rings. The third-order valence-corrected chi connectivity index (χ3v) is 5.71. The van der Waals surface area contributed by atoms with Crippen LogP contribution in [0.5, 0.6) is 6.01 Å². The van der Waals surface area contributed by atoms with Crippen LogP contribution < -0.4 is 10.5 Å². The molecular formula is C23H31N5O2. The fraction of sp³-hybridized carbons (Fsp3) is 0.478. The molecule has 30 heavy (non-hydrogen) atoms. The van der Waals surface area contributed by atoms with Gasteiger partial charge in [-0.15, -0.1) is 0 Å². The summed E-state index contributed by atoms with van der Waals surface area (Å²) in [7, 11) is 0. The van der Waals surface area contributed by atoms with E-state index in [9.17, 15) is 5.11 Å². The first kappa shape index (κ1) is 20.6. The van der Waals surface area contributed by atoms with E-state index in [-0.39, 0.29) is 6.61 Å². The molecule has 0 aliphatic carbocycles. The highest BCUT2D eigenvalue weighted by Gasteiger charge is 2.16. The first-order chi connectivity index (χ1) is 14.7. The number of rotatable bonds is 9. The largest absolute Gasteiger partial charge is 0.463 e. The van der Waals surface area contributed by atoms with Crippen molar-refractivity contribution in [2.45, 2.75) is 52.3 Å². The Kier molecular flexibility index (Phi) is 6.50. The second-order valence-corrected chi connectivity index (χ2v) is 8.01. The Balaban J connectivity index is 1.57. The zero-order valence-electron chi connectivity index (χ0n) is 17.7. The molecule has 160 valence electrons. The van der Waals surface area contributed by atoms with E-state index >= 15 is 0 Å². The van der Waals surface area contributed by atoms with Crippen molar-refractivity contribution in [1.29, 1.82) is 0 Å². The molecule has 1 aliphatic rings. The molecule has 3 heterocycles. The molecule has 7 heteroatoms. The lowest BCUT2D eigenvalue weighted by molar-refractivity contribution is 0.271. The fourth-order valence-corrected chi connectivity index (χ4v) is 3.99. The molecule has 3 N–H and O–H groups in total. The first-order valence-corrected chi connectivity index (χ1v) is 10.9. The van der Waals surface area contributed by atoms with Gasteiger partial charge in [0.15, 0.2) is 0 Å². The van der Waals surface area contributed by atoms with Gasteiger partial charge in [0.2, 0.25) is 0 Å². The van der Waals surface area contributed by atoms with Gasteiger partial charge < -0.3 is 20.1 Å². The number of unbranched alkanes of at least 4 members (excludes halogenated alkanes) is 1. The third-order valence-electron chi connectivity index (χ3n) is 5.71. The van der Waals surface area contributed by atoms with Crippen molar-refractivity contribution in [3.63, 3.8) is 0 Å². The number of aliphatic hydroxyl groups excluding tert-OH is 1. The van der Waals surface area contributed by atoms with Crippen LogP contribution in [0.3, 0.4) is 0 Å². The van der Waals surface area contributed by atoms with Gasteiger partial charge in [-0.25, -0.2) is 0 Å². The Morgan fingerprint density at radius 1 is 1.07 bits per heavy atom. The number of nitrogens with two attached hydrogens (primary N) is 1. The van der Waals surface area contributed by atoms with Gasteiger partial charge in [0, 0.05) is 18.8 Å². The molecule has 1 saturated heterocycles. The van der Waals surface area contributed by atoms with Crippen LogP contribution in [0.15, 0.2) is 30.3 Å². The highest BCUT2D eigenvalue weighted by Crippen LogP contribution is 2.26. The van der Waals surface area contributed by atoms with Crippen molar-refractivity contribution in [3.05, 3.63) is 47.2 Å². The van der Waals surface area contributed by atoms with Crippen molar-refractivity contribution in [2.24, 2.45) is 0 Å². The van der Waals surface area contributed by atoms with E-state index in [1.165, 1.54) is 31.5 Å². The molecule has 4 rings (SSSR count). The van der Waals surface area contributed by atoms with E-state index < -0.39 is 0 Å². The minimum atomic E-state index is -0.0884. The number of ether oxygens (including phenoxy) is 1. The molecule has 0 unspecified atom stereocenters. The van der Waals surface area contributed by atoms with E-state index in [1.807, 2.05) is 10.6 Å². The van der Waals surface area contributed by atoms with Crippen LogP contribution in [-0.2, 0) is 19.7 Å². The lowest BCUT2D eigenvalue weighted by Crippen LogP contribution is -2.18. The summed E-state index contributed by atoms with van der Waals surface area (Å²) in [5.41, 5.74) is 10.1. The number of nitrogen functional groups attached to an aromatic ring is 1. The molecule has 0 radical (unpaired) electrons. The van der Waals surface area contributed by atoms with Gasteiger partial charge in [-0.3, -0.25) is 4.90 Å². The van der Waals surface area contributed by atoms with E-state index in [4.69, 9.17) is 10.5 Å². The van der Waals surface area contributed by atoms with Crippen LogP contribution in [0.2, 0.25) is 0 Å². The summed E-state index contributed by atoms with van der Waals surface area (Å²) in [5, 5.41) is 10.6. The van der Waals surface area contributed by atoms with E-state index in [0.717, 1.165) is 36.0 Å². The molecule has 1 aliphatic heterocycles. The number of hydrogen-bond acceptors (Lipinski definition) is 6. The Morgan fingerprint density at radius 3 is 2.43 bits per heavy atom. The molecule has 1 aromatic carbocycles. The quantitative estimate of drug-likeness (QED) is 0.527. The average molecular weight is 410 g/mol. The van der Waals surface area contributed by atoms with Crippen LogP contribution in [0.25, 0.3) is 11.0 Å². The summed E-state index contributed by atoms with van der Waals surface area (Å²) in [5.74, 6) is 0.376. The highest BCUT2D eigenvalue weighted by atomic mass is 16.5. The maximum absolute atomic E-state index is 9.89. The summed E-state index contributed by atoms with van der Waals surface area (Å²) in [6.07, 6.45) is 4.58. The SMILES string of the molecule is CCCCOc1nc(N)c2cc(CO)n(Cc3ccc(CN4CCCC4)cc3)c2n1. The highest BCUT2D eigenvalue weighted by molar-refractivity contribution is 5.87. The zero-order chi connectivity index (χ0) is 20.9. The van der Waals surface area contributed by atoms with Gasteiger partial charge in [0.25, 0.3) is 0 Å². The summed E-state index contributed by atoms with van der Waals surface area (Å²) < 4.78 is 7.68. The molecule has 0 amide bonds. The van der Waals surface area contributed by atoms with E-state index in [2.05, 4.69) is 46.1 Å². The van der Waals surface area contributed by atoms with Crippen molar-refractivity contribution >= 4 is 16.9 Å². The minimum absolute atomic E-state index is 0.0884. The summed E-state index contributed by atoms with van der Waals surface area (Å²) in [4.78, 5) is 11.4. The van der Waals surface area contributed by atoms with Crippen molar-refractivity contribution in [1.82, 2.24) is 19.4 Å². The monoisotopic (exact) mass is 409 g/mol. The minimum Gasteiger partial charge on any atom is -0.463 e. The predicted molar refractivity (Wildman–Crippen MR) is 118 cm³/mol. The second kappa shape index (κ2) is 9.45. The molecular weight excluding hydrogens is 378 g/mol. The molecule has 0 atom stereocenters. The van der Waals surface area contributed by atoms with Crippen LogP contribution in [0.4, 0.5) is 5.82 Å². The molecule has 2 aromatic heterocycles. The Bertz CT molecular complexity index is 977. The number of benzene rings is 1. The van der Waals surface area contributed by atoms with E-state index in [1.54, 1.807) is 0 Å². The number of fused-ring (bicyclic) bond motifs is 1. The lowest BCUT2D eigenvalue weighted by Gasteiger charge is -2.15. The Hall–Kier alpha value is -2.64. The van der Waals surface area contributed by atoms with Gasteiger partial charge in [0.1, 0.15) is 11.5 Å². The van der Waals surface area contributed by atoms with Gasteiger partial charge in [-0.1, -0.05) is 37.6 Å². The average Bonchev–Trinajstić information content (AvgIpc) is 3.38. The van der Waals surface area contributed by atoms with Crippen molar-refractivity contribution < 1.29 is 9.84 Å². The number of anilines is 1. The smallest absolute Gasteiger partial charge is 0.320 e. The second-order valence-electron chi connectivity index (χ2n) is 8.01. The van der Waals surface area contributed by atoms with E-state index in [0.29, 0.717) is 30.6 Å². The molecule has 1 fully saturated rings. The molecule has 0 spiro atoms. The summed E-state index contributed by atoms with van der Waals surface area (Å²) in [6, 6.07) is 10.9. The van der Waals surface area contributed by atoms with Crippen molar-refractivity contribution in [2.75, 3.05) is 25.4 Å². The fourth-order valence-electron chi connectivity index (χ4n) is 3.99. The van der Waals surface area contributed by atoms with Gasteiger partial charge in [0.05, 0.1) is 18.6 Å². The summed E-state index contributed by atoms with van der Waals surface area (Å²) in [6.45, 7) is 6.59. The van der Waals surface area contributed by atoms with Crippen LogP contribution >= 0.6 is 0 Å². The topological polar surface area (TPSA) is 89.4 Å². The van der Waals surface area contributed by atoms with Crippen LogP contribution in [0.1, 0.15) is 49.4 Å². The molecule has 0 bridgehead atoms. The Morgan fingerprint density at radius 2 is 1.77 bits per heavy atom. The first-order valence-electron chi connectivity index (χ1n) is 10.9. The molecule has 7 nitrogen and oxygen atoms in total.